The molecular formula is C22H32N2O2. The lowest BCUT2D eigenvalue weighted by Gasteiger charge is -2.35. The monoisotopic (exact) mass is 356 g/mol. The second-order valence-corrected chi connectivity index (χ2v) is 8.62. The zero-order chi connectivity index (χ0) is 18.0. The number of nitrogens with one attached hydrogen (secondary N) is 1. The Labute approximate surface area is 157 Å². The van der Waals surface area contributed by atoms with E-state index in [1.807, 2.05) is 0 Å². The number of ether oxygens (including phenoxy) is 1. The number of hydrogen-bond donors (Lipinski definition) is 1. The zero-order valence-corrected chi connectivity index (χ0v) is 16.0. The Morgan fingerprint density at radius 2 is 2.12 bits per heavy atom. The van der Waals surface area contributed by atoms with Crippen molar-refractivity contribution in [2.45, 2.75) is 51.5 Å². The molecule has 1 spiro atoms. The minimum absolute atomic E-state index is 0.231. The topological polar surface area (TPSA) is 41.6 Å². The average molecular weight is 357 g/mol. The van der Waals surface area contributed by atoms with E-state index in [1.54, 1.807) is 0 Å². The Bertz CT molecular complexity index is 635. The van der Waals surface area contributed by atoms with Gasteiger partial charge >= 0.3 is 0 Å². The highest BCUT2D eigenvalue weighted by atomic mass is 16.5. The normalized spacial score (nSPS) is 26.4. The molecule has 4 heteroatoms. The molecular weight excluding hydrogens is 324 g/mol. The molecule has 0 radical (unpaired) electrons. The highest BCUT2D eigenvalue weighted by molar-refractivity contribution is 5.79. The SMILES string of the molecule is Cc1cccc(C(CNC(=O)C2CCCC3(CC3)C2)N2CCOCC2)c1. The fourth-order valence-electron chi connectivity index (χ4n) is 4.87. The van der Waals surface area contributed by atoms with Gasteiger partial charge in [0.25, 0.3) is 0 Å². The summed E-state index contributed by atoms with van der Waals surface area (Å²) in [5, 5.41) is 3.31. The third kappa shape index (κ3) is 4.12. The fraction of sp³-hybridized carbons (Fsp3) is 0.682. The van der Waals surface area contributed by atoms with Crippen LogP contribution in [-0.4, -0.2) is 43.7 Å². The molecule has 2 saturated carbocycles. The third-order valence-corrected chi connectivity index (χ3v) is 6.65. The first-order valence-electron chi connectivity index (χ1n) is 10.3. The van der Waals surface area contributed by atoms with Crippen LogP contribution in [-0.2, 0) is 9.53 Å². The summed E-state index contributed by atoms with van der Waals surface area (Å²) in [6.45, 7) is 6.26. The number of morpholine rings is 1. The van der Waals surface area contributed by atoms with Gasteiger partial charge in [-0.15, -0.1) is 0 Å². The number of amides is 1. The summed E-state index contributed by atoms with van der Waals surface area (Å²) < 4.78 is 5.53. The summed E-state index contributed by atoms with van der Waals surface area (Å²) in [7, 11) is 0. The van der Waals surface area contributed by atoms with Gasteiger partial charge in [-0.05, 0) is 50.0 Å². The Hall–Kier alpha value is -1.39. The van der Waals surface area contributed by atoms with Crippen LogP contribution in [0.25, 0.3) is 0 Å². The van der Waals surface area contributed by atoms with Gasteiger partial charge in [0.2, 0.25) is 5.91 Å². The lowest BCUT2D eigenvalue weighted by molar-refractivity contribution is -0.127. The Kier molecular flexibility index (Phi) is 5.32. The number of carbonyl (C=O) groups is 1. The van der Waals surface area contributed by atoms with Crippen LogP contribution in [0.15, 0.2) is 24.3 Å². The van der Waals surface area contributed by atoms with E-state index < -0.39 is 0 Å². The summed E-state index contributed by atoms with van der Waals surface area (Å²) in [6.07, 6.45) is 7.44. The Morgan fingerprint density at radius 1 is 1.31 bits per heavy atom. The maximum absolute atomic E-state index is 12.8. The van der Waals surface area contributed by atoms with E-state index in [1.165, 1.54) is 36.8 Å². The molecule has 4 rings (SSSR count). The molecule has 1 N–H and O–H groups in total. The predicted molar refractivity (Wildman–Crippen MR) is 103 cm³/mol. The number of hydrogen-bond acceptors (Lipinski definition) is 3. The van der Waals surface area contributed by atoms with Crippen molar-refractivity contribution in [3.05, 3.63) is 35.4 Å². The van der Waals surface area contributed by atoms with Crippen molar-refractivity contribution < 1.29 is 9.53 Å². The minimum atomic E-state index is 0.231. The van der Waals surface area contributed by atoms with Crippen molar-refractivity contribution in [3.63, 3.8) is 0 Å². The number of aryl methyl sites for hydroxylation is 1. The molecule has 0 aromatic heterocycles. The largest absolute Gasteiger partial charge is 0.379 e. The predicted octanol–water partition coefficient (Wildman–Crippen LogP) is 3.45. The average Bonchev–Trinajstić information content (AvgIpc) is 3.41. The van der Waals surface area contributed by atoms with E-state index >= 15 is 0 Å². The van der Waals surface area contributed by atoms with Gasteiger partial charge in [0.15, 0.2) is 0 Å². The third-order valence-electron chi connectivity index (χ3n) is 6.65. The quantitative estimate of drug-likeness (QED) is 0.878. The van der Waals surface area contributed by atoms with Gasteiger partial charge in [0.05, 0.1) is 19.3 Å². The first-order valence-corrected chi connectivity index (χ1v) is 10.3. The van der Waals surface area contributed by atoms with Crippen LogP contribution in [0, 0.1) is 18.3 Å². The van der Waals surface area contributed by atoms with Gasteiger partial charge in [-0.3, -0.25) is 9.69 Å². The second-order valence-electron chi connectivity index (χ2n) is 8.62. The van der Waals surface area contributed by atoms with E-state index in [9.17, 15) is 4.79 Å². The van der Waals surface area contributed by atoms with Gasteiger partial charge in [0, 0.05) is 25.6 Å². The van der Waals surface area contributed by atoms with Gasteiger partial charge in [-0.1, -0.05) is 36.2 Å². The Morgan fingerprint density at radius 3 is 2.85 bits per heavy atom. The molecule has 2 unspecified atom stereocenters. The smallest absolute Gasteiger partial charge is 0.223 e. The van der Waals surface area contributed by atoms with Crippen LogP contribution < -0.4 is 5.32 Å². The van der Waals surface area contributed by atoms with Crippen molar-refractivity contribution in [2.75, 3.05) is 32.8 Å². The number of nitrogens with zero attached hydrogens (tertiary/aromatic N) is 1. The van der Waals surface area contributed by atoms with Crippen molar-refractivity contribution in [1.82, 2.24) is 10.2 Å². The molecule has 1 saturated heterocycles. The standard InChI is InChI=1S/C22H32N2O2/c1-17-4-2-5-18(14-17)20(24-10-12-26-13-11-24)16-23-21(25)19-6-3-7-22(15-19)8-9-22/h2,4-5,14,19-20H,3,6-13,15-16H2,1H3,(H,23,25). The van der Waals surface area contributed by atoms with Gasteiger partial charge in [0.1, 0.15) is 0 Å². The van der Waals surface area contributed by atoms with E-state index in [4.69, 9.17) is 4.74 Å². The molecule has 2 atom stereocenters. The minimum Gasteiger partial charge on any atom is -0.379 e. The summed E-state index contributed by atoms with van der Waals surface area (Å²) in [6, 6.07) is 8.94. The molecule has 1 aliphatic heterocycles. The summed E-state index contributed by atoms with van der Waals surface area (Å²) in [4.78, 5) is 15.3. The molecule has 0 bridgehead atoms. The summed E-state index contributed by atoms with van der Waals surface area (Å²) >= 11 is 0. The highest BCUT2D eigenvalue weighted by Crippen LogP contribution is 2.57. The van der Waals surface area contributed by atoms with E-state index in [-0.39, 0.29) is 17.9 Å². The lowest BCUT2D eigenvalue weighted by Crippen LogP contribution is -2.45. The van der Waals surface area contributed by atoms with Gasteiger partial charge in [-0.2, -0.15) is 0 Å². The van der Waals surface area contributed by atoms with Crippen LogP contribution in [0.2, 0.25) is 0 Å². The summed E-state index contributed by atoms with van der Waals surface area (Å²) in [5.74, 6) is 0.510. The zero-order valence-electron chi connectivity index (χ0n) is 16.0. The second kappa shape index (κ2) is 7.69. The van der Waals surface area contributed by atoms with Crippen molar-refractivity contribution in [1.29, 1.82) is 0 Å². The molecule has 1 amide bonds. The maximum Gasteiger partial charge on any atom is 0.223 e. The van der Waals surface area contributed by atoms with Crippen molar-refractivity contribution in [3.8, 4) is 0 Å². The molecule has 3 fully saturated rings. The molecule has 2 aliphatic carbocycles. The van der Waals surface area contributed by atoms with Crippen LogP contribution >= 0.6 is 0 Å². The van der Waals surface area contributed by atoms with Gasteiger partial charge in [-0.25, -0.2) is 0 Å². The fourth-order valence-corrected chi connectivity index (χ4v) is 4.87. The first-order chi connectivity index (χ1) is 12.7. The maximum atomic E-state index is 12.8. The van der Waals surface area contributed by atoms with Gasteiger partial charge < -0.3 is 10.1 Å². The number of rotatable bonds is 5. The van der Waals surface area contributed by atoms with Crippen LogP contribution in [0.1, 0.15) is 55.7 Å². The van der Waals surface area contributed by atoms with Crippen LogP contribution in [0.4, 0.5) is 0 Å². The first kappa shape index (κ1) is 18.0. The number of benzene rings is 1. The molecule has 4 nitrogen and oxygen atoms in total. The summed E-state index contributed by atoms with van der Waals surface area (Å²) in [5.41, 5.74) is 3.12. The van der Waals surface area contributed by atoms with E-state index in [2.05, 4.69) is 41.4 Å². The molecule has 3 aliphatic rings. The Balaban J connectivity index is 1.41. The van der Waals surface area contributed by atoms with Crippen LogP contribution in [0.5, 0.6) is 0 Å². The van der Waals surface area contributed by atoms with Crippen molar-refractivity contribution in [2.24, 2.45) is 11.3 Å². The molecule has 142 valence electrons. The molecule has 26 heavy (non-hydrogen) atoms. The molecule has 1 aromatic rings. The molecule has 1 aromatic carbocycles. The molecule has 1 heterocycles. The van der Waals surface area contributed by atoms with Crippen LogP contribution in [0.3, 0.4) is 0 Å². The number of carbonyl (C=O) groups excluding carboxylic acids is 1. The van der Waals surface area contributed by atoms with E-state index in [0.717, 1.165) is 39.1 Å². The lowest BCUT2D eigenvalue weighted by atomic mass is 9.78. The van der Waals surface area contributed by atoms with Crippen molar-refractivity contribution >= 4 is 5.91 Å². The highest BCUT2D eigenvalue weighted by Gasteiger charge is 2.47. The van der Waals surface area contributed by atoms with E-state index in [0.29, 0.717) is 12.0 Å².